The molecule has 0 spiro atoms. The molecule has 0 bridgehead atoms. The van der Waals surface area contributed by atoms with Gasteiger partial charge in [0.05, 0.1) is 0 Å². The Morgan fingerprint density at radius 1 is 0.387 bits per heavy atom. The van der Waals surface area contributed by atoms with Crippen molar-refractivity contribution in [1.29, 1.82) is 0 Å². The molecule has 0 N–H and O–H groups in total. The molecule has 0 aliphatic carbocycles. The standard InChI is InChI=1S/C45H70N2.2C6H6O.Ni/c1-7-13-19-22-26-38-30-36(24-16-10-4)32-40(34-38)44-42(28-18-12-6)43(29-21-15-9-3)45(47(44)46)41-33-37(25-17-11-5)31-39(35-41)27-23-20-14-8-2;2*7-6-4-2-1-3-5-6;/h30-35H,7-29H2,1-6H3;2*1-5,7H;/q;;;+2/p-2. The number of hydrogen-bond acceptors (Lipinski definition) is 2. The van der Waals surface area contributed by atoms with E-state index >= 15 is 0 Å². The van der Waals surface area contributed by atoms with Crippen molar-refractivity contribution in [3.8, 4) is 11.5 Å². The normalized spacial score (nSPS) is 12.6. The quantitative estimate of drug-likeness (QED) is 0.0310. The number of hydrogen-bond donors (Lipinski definition) is 0. The van der Waals surface area contributed by atoms with Gasteiger partial charge in [0.15, 0.2) is 0 Å². The van der Waals surface area contributed by atoms with E-state index in [1.165, 1.54) is 141 Å². The van der Waals surface area contributed by atoms with Gasteiger partial charge in [0.1, 0.15) is 0 Å². The third kappa shape index (κ3) is 17.3. The molecule has 1 heterocycles. The first-order chi connectivity index (χ1) is 30.5. The zero-order valence-corrected chi connectivity index (χ0v) is 40.5. The molecule has 4 aromatic carbocycles. The molecule has 0 amide bonds. The van der Waals surface area contributed by atoms with Crippen LogP contribution >= 0.6 is 0 Å². The van der Waals surface area contributed by atoms with Gasteiger partial charge in [-0.2, -0.15) is 0 Å². The zero-order chi connectivity index (χ0) is 44.2. The Hall–Kier alpha value is -3.95. The number of nitrogens with zero attached hydrogens (tertiary/aromatic N) is 2. The fourth-order valence-corrected chi connectivity index (χ4v) is 8.84. The number of benzene rings is 4. The molecule has 0 radical (unpaired) electrons. The van der Waals surface area contributed by atoms with Gasteiger partial charge in [0.25, 0.3) is 0 Å². The van der Waals surface area contributed by atoms with Gasteiger partial charge < -0.3 is 5.53 Å². The number of unbranched alkanes of at least 4 members (excludes halogenated alkanes) is 11. The zero-order valence-electron chi connectivity index (χ0n) is 39.5. The molecule has 4 aromatic rings. The van der Waals surface area contributed by atoms with Crippen LogP contribution in [0.25, 0.3) is 16.9 Å². The number of aryl methyl sites for hydroxylation is 4. The van der Waals surface area contributed by atoms with Gasteiger partial charge >= 0.3 is 95.0 Å². The van der Waals surface area contributed by atoms with E-state index in [0.717, 1.165) is 89.3 Å². The monoisotopic (exact) mass is 883 g/mol. The maximum atomic E-state index is 12.5. The minimum absolute atomic E-state index is 0.777. The van der Waals surface area contributed by atoms with Crippen LogP contribution in [0.1, 0.15) is 197 Å². The summed E-state index contributed by atoms with van der Waals surface area (Å²) in [5.41, 5.74) is 25.6. The summed E-state index contributed by atoms with van der Waals surface area (Å²) in [6, 6.07) is 33.7. The van der Waals surface area contributed by atoms with Crippen LogP contribution in [0.4, 0.5) is 0 Å². The first kappa shape index (κ1) is 50.7. The molecule has 0 atom stereocenters. The average Bonchev–Trinajstić information content (AvgIpc) is 3.58. The molecule has 0 saturated carbocycles. The van der Waals surface area contributed by atoms with Gasteiger partial charge in [-0.25, -0.2) is 4.70 Å². The van der Waals surface area contributed by atoms with E-state index in [2.05, 4.69) is 77.9 Å². The van der Waals surface area contributed by atoms with Gasteiger partial charge in [-0.1, -0.05) is 124 Å². The molecule has 0 fully saturated rings. The van der Waals surface area contributed by atoms with E-state index in [0.29, 0.717) is 0 Å². The summed E-state index contributed by atoms with van der Waals surface area (Å²) >= 11 is 0.777. The molecule has 5 rings (SSSR count). The van der Waals surface area contributed by atoms with E-state index in [9.17, 15) is 5.53 Å². The van der Waals surface area contributed by atoms with Gasteiger partial charge in [0.2, 0.25) is 11.4 Å². The molecule has 4 nitrogen and oxygen atoms in total. The van der Waals surface area contributed by atoms with Gasteiger partial charge in [0, 0.05) is 22.3 Å². The maximum absolute atomic E-state index is 12.5. The molecule has 62 heavy (non-hydrogen) atoms. The first-order valence-corrected chi connectivity index (χ1v) is 25.5. The van der Waals surface area contributed by atoms with E-state index in [1.807, 2.05) is 60.7 Å². The summed E-state index contributed by atoms with van der Waals surface area (Å²) in [7, 11) is 0. The van der Waals surface area contributed by atoms with Crippen LogP contribution in [-0.4, -0.2) is 4.70 Å². The van der Waals surface area contributed by atoms with Crippen LogP contribution in [0.3, 0.4) is 0 Å². The van der Waals surface area contributed by atoms with Crippen molar-refractivity contribution >= 4 is 11.4 Å². The summed E-state index contributed by atoms with van der Waals surface area (Å²) in [5, 5.41) is 0. The summed E-state index contributed by atoms with van der Waals surface area (Å²) in [5.74, 6) is 1.57. The van der Waals surface area contributed by atoms with Crippen molar-refractivity contribution in [1.82, 2.24) is 0 Å². The van der Waals surface area contributed by atoms with Crippen molar-refractivity contribution in [2.45, 2.75) is 189 Å². The van der Waals surface area contributed by atoms with E-state index in [4.69, 9.17) is 7.76 Å². The first-order valence-electron chi connectivity index (χ1n) is 24.7. The Morgan fingerprint density at radius 3 is 1.10 bits per heavy atom. The van der Waals surface area contributed by atoms with Crippen LogP contribution in [0.2, 0.25) is 0 Å². The molecular weight excluding hydrogens is 803 g/mol. The van der Waals surface area contributed by atoms with E-state index < -0.39 is 0 Å². The Labute approximate surface area is 384 Å². The summed E-state index contributed by atoms with van der Waals surface area (Å²) in [6.45, 7) is 13.8. The number of para-hydroxylation sites is 2. The second kappa shape index (κ2) is 30.2. The predicted octanol–water partition coefficient (Wildman–Crippen LogP) is 17.6. The molecule has 5 heteroatoms. The van der Waals surface area contributed by atoms with Crippen molar-refractivity contribution < 1.29 is 27.5 Å². The molecule has 0 aromatic heterocycles. The number of allylic oxidation sites excluding steroid dienone is 2. The van der Waals surface area contributed by atoms with E-state index in [1.54, 1.807) is 4.70 Å². The molecule has 0 saturated heterocycles. The van der Waals surface area contributed by atoms with Crippen LogP contribution in [0.15, 0.2) is 108 Å². The molecule has 0 unspecified atom stereocenters. The summed E-state index contributed by atoms with van der Waals surface area (Å²) < 4.78 is 12.3. The van der Waals surface area contributed by atoms with Crippen molar-refractivity contribution in [2.24, 2.45) is 0 Å². The fraction of sp³-hybridized carbons (Fsp3) is 0.509. The van der Waals surface area contributed by atoms with E-state index in [-0.39, 0.29) is 0 Å². The summed E-state index contributed by atoms with van der Waals surface area (Å²) in [4.78, 5) is 0. The van der Waals surface area contributed by atoms with Crippen LogP contribution < -0.4 is 7.76 Å². The molecule has 1 aliphatic rings. The SMILES string of the molecule is CCCCCCc1cc(CCCC)cc(C2=C(CCCC)C(CCCCC)=C(c3cc(CCCC)cc(CCCCCC)c3)[N+]2=[N-])c1.c1ccc([O][Ni][O]c2ccccc2)cc1. The van der Waals surface area contributed by atoms with Crippen molar-refractivity contribution in [3.63, 3.8) is 0 Å². The predicted molar refractivity (Wildman–Crippen MR) is 261 cm³/mol. The van der Waals surface area contributed by atoms with Crippen LogP contribution in [-0.2, 0) is 40.8 Å². The van der Waals surface area contributed by atoms with Crippen LogP contribution in [0.5, 0.6) is 11.5 Å². The van der Waals surface area contributed by atoms with Crippen molar-refractivity contribution in [3.05, 3.63) is 147 Å². The third-order valence-corrected chi connectivity index (χ3v) is 12.4. The molecule has 340 valence electrons. The molecule has 1 aliphatic heterocycles. The second-order valence-corrected chi connectivity index (χ2v) is 17.8. The minimum atomic E-state index is 0.777. The van der Waals surface area contributed by atoms with Gasteiger partial charge in [-0.3, -0.25) is 0 Å². The Bertz CT molecular complexity index is 1890. The third-order valence-electron chi connectivity index (χ3n) is 11.8. The summed E-state index contributed by atoms with van der Waals surface area (Å²) in [6.07, 6.45) is 27.5. The second-order valence-electron chi connectivity index (χ2n) is 17.2. The Kier molecular flexibility index (Phi) is 24.7. The fourth-order valence-electron chi connectivity index (χ4n) is 8.34. The van der Waals surface area contributed by atoms with Gasteiger partial charge in [-0.05, 0) is 124 Å². The van der Waals surface area contributed by atoms with Crippen molar-refractivity contribution in [2.75, 3.05) is 0 Å². The molecular formula is C57H80N2NiO2. The van der Waals surface area contributed by atoms with Crippen LogP contribution in [0, 0.1) is 0 Å². The Balaban J connectivity index is 0.000000469. The van der Waals surface area contributed by atoms with Gasteiger partial charge in [-0.15, -0.1) is 0 Å². The Morgan fingerprint density at radius 2 is 0.710 bits per heavy atom. The average molecular weight is 884 g/mol. The topological polar surface area (TPSA) is 43.8 Å². The number of rotatable bonds is 29.